The van der Waals surface area contributed by atoms with Gasteiger partial charge in [-0.2, -0.15) is 5.10 Å². The highest BCUT2D eigenvalue weighted by molar-refractivity contribution is 9.10. The summed E-state index contributed by atoms with van der Waals surface area (Å²) in [7, 11) is 0. The highest BCUT2D eigenvalue weighted by Gasteiger charge is 2.26. The number of carbonyl (C=O) groups is 2. The normalized spacial score (nSPS) is 16.0. The lowest BCUT2D eigenvalue weighted by Crippen LogP contribution is -2.37. The van der Waals surface area contributed by atoms with Crippen LogP contribution in [-0.2, 0) is 0 Å². The predicted octanol–water partition coefficient (Wildman–Crippen LogP) is 2.35. The molecule has 3 N–H and O–H groups in total. The Labute approximate surface area is 139 Å². The quantitative estimate of drug-likeness (QED) is 0.852. The molecule has 2 aromatic heterocycles. The minimum Gasteiger partial charge on any atom is -0.364 e. The number of nitrogens with one attached hydrogen (secondary N) is 1. The van der Waals surface area contributed by atoms with E-state index in [9.17, 15) is 9.59 Å². The Morgan fingerprint density at radius 1 is 1.36 bits per heavy atom. The fourth-order valence-electron chi connectivity index (χ4n) is 2.65. The first-order valence-electron chi connectivity index (χ1n) is 6.93. The van der Waals surface area contributed by atoms with Crippen LogP contribution in [0.4, 0.5) is 0 Å². The van der Waals surface area contributed by atoms with Crippen molar-refractivity contribution in [2.45, 2.75) is 18.8 Å². The smallest absolute Gasteiger partial charge is 0.269 e. The molecule has 0 unspecified atom stereocenters. The number of nitrogens with zero attached hydrogens (tertiary/aromatic N) is 2. The van der Waals surface area contributed by atoms with Crippen LogP contribution in [0.15, 0.2) is 22.0 Å². The standard InChI is InChI=1S/C14H15BrN4O2S/c15-9-5-12(22-7-9)14(21)19-3-1-8(2-4-19)10-6-11(13(16)20)18-17-10/h5-8H,1-4H2,(H2,16,20)(H,17,18). The van der Waals surface area contributed by atoms with Gasteiger partial charge in [-0.3, -0.25) is 14.7 Å². The van der Waals surface area contributed by atoms with Crippen molar-refractivity contribution < 1.29 is 9.59 Å². The Balaban J connectivity index is 1.62. The summed E-state index contributed by atoms with van der Waals surface area (Å²) >= 11 is 4.82. The number of amides is 2. The van der Waals surface area contributed by atoms with Gasteiger partial charge in [0, 0.05) is 34.6 Å². The third-order valence-electron chi connectivity index (χ3n) is 3.85. The van der Waals surface area contributed by atoms with Crippen LogP contribution in [0.25, 0.3) is 0 Å². The number of H-pyrrole nitrogens is 1. The van der Waals surface area contributed by atoms with Crippen molar-refractivity contribution >= 4 is 39.1 Å². The molecule has 8 heteroatoms. The molecule has 0 saturated carbocycles. The number of likely N-dealkylation sites (tertiary alicyclic amines) is 1. The SMILES string of the molecule is NC(=O)c1cc(C2CCN(C(=O)c3cc(Br)cs3)CC2)[nH]n1. The second-order valence-corrected chi connectivity index (χ2v) is 7.10. The molecule has 0 aromatic carbocycles. The van der Waals surface area contributed by atoms with Crippen LogP contribution in [0.3, 0.4) is 0 Å². The first-order chi connectivity index (χ1) is 10.5. The second kappa shape index (κ2) is 6.21. The first kappa shape index (κ1) is 15.2. The maximum Gasteiger partial charge on any atom is 0.269 e. The molecular formula is C14H15BrN4O2S. The monoisotopic (exact) mass is 382 g/mol. The van der Waals surface area contributed by atoms with E-state index >= 15 is 0 Å². The van der Waals surface area contributed by atoms with Gasteiger partial charge in [0.25, 0.3) is 11.8 Å². The Morgan fingerprint density at radius 2 is 2.09 bits per heavy atom. The van der Waals surface area contributed by atoms with Crippen LogP contribution in [0.1, 0.15) is 44.6 Å². The van der Waals surface area contributed by atoms with Crippen LogP contribution in [-0.4, -0.2) is 40.0 Å². The highest BCUT2D eigenvalue weighted by Crippen LogP contribution is 2.29. The van der Waals surface area contributed by atoms with Crippen LogP contribution >= 0.6 is 27.3 Å². The van der Waals surface area contributed by atoms with Gasteiger partial charge in [-0.1, -0.05) is 0 Å². The number of primary amides is 1. The summed E-state index contributed by atoms with van der Waals surface area (Å²) in [4.78, 5) is 26.1. The number of halogens is 1. The van der Waals surface area contributed by atoms with Gasteiger partial charge in [-0.05, 0) is 40.9 Å². The highest BCUT2D eigenvalue weighted by atomic mass is 79.9. The van der Waals surface area contributed by atoms with E-state index in [-0.39, 0.29) is 17.5 Å². The third-order valence-corrected chi connectivity index (χ3v) is 5.53. The Hall–Kier alpha value is -1.67. The van der Waals surface area contributed by atoms with Crippen molar-refractivity contribution in [1.82, 2.24) is 15.1 Å². The number of aromatic amines is 1. The van der Waals surface area contributed by atoms with Crippen molar-refractivity contribution in [3.8, 4) is 0 Å². The van der Waals surface area contributed by atoms with Gasteiger partial charge in [0.1, 0.15) is 5.69 Å². The molecule has 2 aromatic rings. The lowest BCUT2D eigenvalue weighted by atomic mass is 9.93. The van der Waals surface area contributed by atoms with E-state index in [1.807, 2.05) is 16.3 Å². The number of carbonyl (C=O) groups excluding carboxylic acids is 2. The van der Waals surface area contributed by atoms with E-state index in [1.165, 1.54) is 11.3 Å². The van der Waals surface area contributed by atoms with Crippen molar-refractivity contribution in [3.63, 3.8) is 0 Å². The summed E-state index contributed by atoms with van der Waals surface area (Å²) in [6, 6.07) is 3.56. The topological polar surface area (TPSA) is 92.1 Å². The molecule has 22 heavy (non-hydrogen) atoms. The van der Waals surface area contributed by atoms with Crippen LogP contribution in [0.5, 0.6) is 0 Å². The van der Waals surface area contributed by atoms with Gasteiger partial charge in [0.2, 0.25) is 0 Å². The summed E-state index contributed by atoms with van der Waals surface area (Å²) in [6.07, 6.45) is 1.69. The number of hydrogen-bond acceptors (Lipinski definition) is 4. The lowest BCUT2D eigenvalue weighted by Gasteiger charge is -2.31. The van der Waals surface area contributed by atoms with Crippen molar-refractivity contribution in [1.29, 1.82) is 0 Å². The zero-order chi connectivity index (χ0) is 15.7. The third kappa shape index (κ3) is 3.07. The van der Waals surface area contributed by atoms with Gasteiger partial charge in [0.05, 0.1) is 4.88 Å². The van der Waals surface area contributed by atoms with Crippen molar-refractivity contribution in [2.75, 3.05) is 13.1 Å². The largest absolute Gasteiger partial charge is 0.364 e. The summed E-state index contributed by atoms with van der Waals surface area (Å²) in [5, 5.41) is 8.70. The van der Waals surface area contributed by atoms with E-state index < -0.39 is 5.91 Å². The second-order valence-electron chi connectivity index (χ2n) is 5.27. The van der Waals surface area contributed by atoms with E-state index in [4.69, 9.17) is 5.73 Å². The van der Waals surface area contributed by atoms with Gasteiger partial charge < -0.3 is 10.6 Å². The Kier molecular flexibility index (Phi) is 4.30. The zero-order valence-electron chi connectivity index (χ0n) is 11.7. The average molecular weight is 383 g/mol. The summed E-state index contributed by atoms with van der Waals surface area (Å²) in [6.45, 7) is 1.40. The molecule has 116 valence electrons. The molecule has 1 aliphatic rings. The molecule has 2 amide bonds. The molecule has 1 fully saturated rings. The van der Waals surface area contributed by atoms with Gasteiger partial charge >= 0.3 is 0 Å². The summed E-state index contributed by atoms with van der Waals surface area (Å²) in [5.74, 6) is -0.172. The average Bonchev–Trinajstić information content (AvgIpc) is 3.16. The van der Waals surface area contributed by atoms with Gasteiger partial charge in [-0.15, -0.1) is 11.3 Å². The molecule has 3 rings (SSSR count). The molecule has 6 nitrogen and oxygen atoms in total. The number of nitrogens with two attached hydrogens (primary N) is 1. The van der Waals surface area contributed by atoms with E-state index in [2.05, 4.69) is 26.1 Å². The predicted molar refractivity (Wildman–Crippen MR) is 87.0 cm³/mol. The molecule has 0 radical (unpaired) electrons. The molecule has 0 aliphatic carbocycles. The van der Waals surface area contributed by atoms with Crippen LogP contribution < -0.4 is 5.73 Å². The van der Waals surface area contributed by atoms with Gasteiger partial charge in [0.15, 0.2) is 0 Å². The maximum absolute atomic E-state index is 12.4. The number of aromatic nitrogens is 2. The number of piperidine rings is 1. The van der Waals surface area contributed by atoms with Crippen molar-refractivity contribution in [2.24, 2.45) is 5.73 Å². The zero-order valence-corrected chi connectivity index (χ0v) is 14.1. The van der Waals surface area contributed by atoms with E-state index in [1.54, 1.807) is 6.07 Å². The first-order valence-corrected chi connectivity index (χ1v) is 8.60. The molecule has 1 saturated heterocycles. The van der Waals surface area contributed by atoms with Crippen LogP contribution in [0, 0.1) is 0 Å². The molecule has 0 spiro atoms. The molecule has 0 bridgehead atoms. The maximum atomic E-state index is 12.4. The van der Waals surface area contributed by atoms with E-state index in [0.29, 0.717) is 13.1 Å². The van der Waals surface area contributed by atoms with Crippen molar-refractivity contribution in [3.05, 3.63) is 38.3 Å². The molecule has 1 aliphatic heterocycles. The molecule has 0 atom stereocenters. The fourth-order valence-corrected chi connectivity index (χ4v) is 4.04. The summed E-state index contributed by atoms with van der Waals surface area (Å²) < 4.78 is 0.937. The Morgan fingerprint density at radius 3 is 2.64 bits per heavy atom. The number of rotatable bonds is 3. The Bertz CT molecular complexity index is 703. The van der Waals surface area contributed by atoms with E-state index in [0.717, 1.165) is 27.9 Å². The van der Waals surface area contributed by atoms with Gasteiger partial charge in [-0.25, -0.2) is 0 Å². The molecule has 3 heterocycles. The van der Waals surface area contributed by atoms with Crippen LogP contribution in [0.2, 0.25) is 0 Å². The minimum absolute atomic E-state index is 0.0802. The minimum atomic E-state index is -0.529. The number of thiophene rings is 1. The fraction of sp³-hybridized carbons (Fsp3) is 0.357. The number of hydrogen-bond donors (Lipinski definition) is 2. The lowest BCUT2D eigenvalue weighted by molar-refractivity contribution is 0.0717. The summed E-state index contributed by atoms with van der Waals surface area (Å²) in [5.41, 5.74) is 6.39. The molecular weight excluding hydrogens is 368 g/mol.